The van der Waals surface area contributed by atoms with Gasteiger partial charge in [-0.05, 0) is 37.5 Å². The Bertz CT molecular complexity index is 206. The number of hydrazine groups is 1. The highest BCUT2D eigenvalue weighted by atomic mass is 16.3. The predicted octanol–water partition coefficient (Wildman–Crippen LogP) is -0.227. The van der Waals surface area contributed by atoms with E-state index < -0.39 is 0 Å². The van der Waals surface area contributed by atoms with Crippen molar-refractivity contribution < 1.29 is 9.90 Å². The maximum Gasteiger partial charge on any atom is 0.237 e. The van der Waals surface area contributed by atoms with Crippen molar-refractivity contribution in [1.29, 1.82) is 0 Å². The summed E-state index contributed by atoms with van der Waals surface area (Å²) in [5.74, 6) is 5.72. The fourth-order valence-corrected chi connectivity index (χ4v) is 2.83. The number of aliphatic hydroxyl groups is 1. The molecule has 0 radical (unpaired) electrons. The summed E-state index contributed by atoms with van der Waals surface area (Å²) in [6.07, 6.45) is 3.59. The topological polar surface area (TPSA) is 75.3 Å². The van der Waals surface area contributed by atoms with E-state index in [1.807, 2.05) is 0 Å². The molecule has 0 heterocycles. The lowest BCUT2D eigenvalue weighted by atomic mass is 9.78. The lowest BCUT2D eigenvalue weighted by Gasteiger charge is -2.30. The molecule has 2 atom stereocenters. The lowest BCUT2D eigenvalue weighted by molar-refractivity contribution is -0.128. The van der Waals surface area contributed by atoms with Gasteiger partial charge in [-0.2, -0.15) is 0 Å². The fraction of sp³-hybridized carbons (Fsp3) is 0.889. The van der Waals surface area contributed by atoms with E-state index >= 15 is 0 Å². The molecule has 0 aliphatic heterocycles. The van der Waals surface area contributed by atoms with E-state index in [1.54, 1.807) is 0 Å². The SMILES string of the molecule is NNC(=O)C1CC2CCC(C1)C2O. The van der Waals surface area contributed by atoms with Gasteiger partial charge in [0, 0.05) is 5.92 Å². The van der Waals surface area contributed by atoms with Crippen LogP contribution in [-0.2, 0) is 4.79 Å². The first-order valence-corrected chi connectivity index (χ1v) is 4.91. The molecule has 0 aromatic heterocycles. The van der Waals surface area contributed by atoms with Gasteiger partial charge in [0.05, 0.1) is 6.10 Å². The Morgan fingerprint density at radius 3 is 2.31 bits per heavy atom. The molecule has 4 N–H and O–H groups in total. The molecule has 74 valence electrons. The molecule has 4 heteroatoms. The van der Waals surface area contributed by atoms with Crippen molar-refractivity contribution in [2.45, 2.75) is 31.8 Å². The highest BCUT2D eigenvalue weighted by Crippen LogP contribution is 2.44. The number of nitrogens with one attached hydrogen (secondary N) is 1. The molecular formula is C9H16N2O2. The molecule has 0 saturated heterocycles. The molecule has 0 aromatic carbocycles. The number of aliphatic hydroxyl groups excluding tert-OH is 1. The first-order chi connectivity index (χ1) is 6.22. The fourth-order valence-electron chi connectivity index (χ4n) is 2.83. The van der Waals surface area contributed by atoms with Crippen LogP contribution in [0.2, 0.25) is 0 Å². The van der Waals surface area contributed by atoms with Crippen LogP contribution in [0.1, 0.15) is 25.7 Å². The van der Waals surface area contributed by atoms with E-state index in [1.165, 1.54) is 0 Å². The molecule has 2 fully saturated rings. The third-order valence-corrected chi connectivity index (χ3v) is 3.56. The number of hydrogen-bond donors (Lipinski definition) is 3. The third-order valence-electron chi connectivity index (χ3n) is 3.56. The van der Waals surface area contributed by atoms with Crippen LogP contribution in [-0.4, -0.2) is 17.1 Å². The number of rotatable bonds is 1. The molecule has 2 rings (SSSR count). The molecule has 1 amide bonds. The van der Waals surface area contributed by atoms with Gasteiger partial charge in [-0.25, -0.2) is 5.84 Å². The van der Waals surface area contributed by atoms with Gasteiger partial charge in [0.25, 0.3) is 0 Å². The minimum absolute atomic E-state index is 0.0332. The normalized spacial score (nSPS) is 43.2. The Kier molecular flexibility index (Phi) is 2.26. The maximum atomic E-state index is 11.3. The number of carbonyl (C=O) groups is 1. The molecule has 2 unspecified atom stereocenters. The highest BCUT2D eigenvalue weighted by Gasteiger charge is 2.43. The van der Waals surface area contributed by atoms with Gasteiger partial charge in [-0.1, -0.05) is 0 Å². The van der Waals surface area contributed by atoms with Gasteiger partial charge in [0.15, 0.2) is 0 Å². The van der Waals surface area contributed by atoms with E-state index in [-0.39, 0.29) is 17.9 Å². The van der Waals surface area contributed by atoms with Crippen LogP contribution in [0.25, 0.3) is 0 Å². The Morgan fingerprint density at radius 2 is 1.85 bits per heavy atom. The van der Waals surface area contributed by atoms with E-state index in [0.29, 0.717) is 11.8 Å². The smallest absolute Gasteiger partial charge is 0.237 e. The third kappa shape index (κ3) is 1.44. The Morgan fingerprint density at radius 1 is 1.31 bits per heavy atom. The van der Waals surface area contributed by atoms with E-state index in [9.17, 15) is 9.90 Å². The standard InChI is InChI=1S/C9H16N2O2/c10-11-9(13)7-3-5-1-2-6(4-7)8(5)12/h5-8,12H,1-4,10H2,(H,11,13). The second kappa shape index (κ2) is 3.27. The van der Waals surface area contributed by atoms with Crippen LogP contribution in [0.5, 0.6) is 0 Å². The minimum atomic E-state index is -0.165. The quantitative estimate of drug-likeness (QED) is 0.299. The molecule has 4 nitrogen and oxygen atoms in total. The monoisotopic (exact) mass is 184 g/mol. The predicted molar refractivity (Wildman–Crippen MR) is 47.3 cm³/mol. The average molecular weight is 184 g/mol. The Hall–Kier alpha value is -0.610. The van der Waals surface area contributed by atoms with Crippen molar-refractivity contribution >= 4 is 5.91 Å². The van der Waals surface area contributed by atoms with Crippen LogP contribution in [0.15, 0.2) is 0 Å². The zero-order valence-corrected chi connectivity index (χ0v) is 7.57. The Balaban J connectivity index is 2.02. The zero-order valence-electron chi connectivity index (χ0n) is 7.57. The number of nitrogens with two attached hydrogens (primary N) is 1. The van der Waals surface area contributed by atoms with Gasteiger partial charge >= 0.3 is 0 Å². The summed E-state index contributed by atoms with van der Waals surface area (Å²) >= 11 is 0. The molecule has 0 aromatic rings. The molecular weight excluding hydrogens is 168 g/mol. The minimum Gasteiger partial charge on any atom is -0.393 e. The van der Waals surface area contributed by atoms with Crippen LogP contribution < -0.4 is 11.3 Å². The van der Waals surface area contributed by atoms with Crippen molar-refractivity contribution in [2.24, 2.45) is 23.6 Å². The molecule has 2 saturated carbocycles. The van der Waals surface area contributed by atoms with Crippen LogP contribution in [0.4, 0.5) is 0 Å². The summed E-state index contributed by atoms with van der Waals surface area (Å²) < 4.78 is 0. The molecule has 2 bridgehead atoms. The second-order valence-corrected chi connectivity index (χ2v) is 4.27. The highest BCUT2D eigenvalue weighted by molar-refractivity contribution is 5.78. The van der Waals surface area contributed by atoms with E-state index in [2.05, 4.69) is 5.43 Å². The summed E-state index contributed by atoms with van der Waals surface area (Å²) in [7, 11) is 0. The van der Waals surface area contributed by atoms with Crippen molar-refractivity contribution in [2.75, 3.05) is 0 Å². The van der Waals surface area contributed by atoms with Crippen molar-refractivity contribution in [3.8, 4) is 0 Å². The van der Waals surface area contributed by atoms with Gasteiger partial charge < -0.3 is 5.11 Å². The maximum absolute atomic E-state index is 11.3. The number of carbonyl (C=O) groups excluding carboxylic acids is 1. The molecule has 2 aliphatic rings. The first kappa shape index (κ1) is 8.97. The van der Waals surface area contributed by atoms with Gasteiger partial charge in [-0.3, -0.25) is 10.2 Å². The van der Waals surface area contributed by atoms with Crippen LogP contribution in [0, 0.1) is 17.8 Å². The second-order valence-electron chi connectivity index (χ2n) is 4.27. The van der Waals surface area contributed by atoms with E-state index in [4.69, 9.17) is 5.84 Å². The number of amides is 1. The first-order valence-electron chi connectivity index (χ1n) is 4.91. The summed E-state index contributed by atoms with van der Waals surface area (Å²) in [5, 5.41) is 9.72. The number of hydrogen-bond acceptors (Lipinski definition) is 3. The molecule has 13 heavy (non-hydrogen) atoms. The average Bonchev–Trinajstić information content (AvgIpc) is 2.42. The van der Waals surface area contributed by atoms with Crippen molar-refractivity contribution in [1.82, 2.24) is 5.43 Å². The van der Waals surface area contributed by atoms with E-state index in [0.717, 1.165) is 25.7 Å². The number of fused-ring (bicyclic) bond motifs is 2. The Labute approximate surface area is 77.5 Å². The van der Waals surface area contributed by atoms with Crippen molar-refractivity contribution in [3.63, 3.8) is 0 Å². The summed E-state index contributed by atoms with van der Waals surface area (Å²) in [5.41, 5.74) is 2.20. The lowest BCUT2D eigenvalue weighted by Crippen LogP contribution is -2.41. The zero-order chi connectivity index (χ0) is 9.42. The molecule has 2 aliphatic carbocycles. The summed E-state index contributed by atoms with van der Waals surface area (Å²) in [6, 6.07) is 0. The van der Waals surface area contributed by atoms with Crippen LogP contribution >= 0.6 is 0 Å². The van der Waals surface area contributed by atoms with Gasteiger partial charge in [-0.15, -0.1) is 0 Å². The van der Waals surface area contributed by atoms with Gasteiger partial charge in [0.2, 0.25) is 5.91 Å². The largest absolute Gasteiger partial charge is 0.393 e. The molecule has 0 spiro atoms. The van der Waals surface area contributed by atoms with Crippen LogP contribution in [0.3, 0.4) is 0 Å². The van der Waals surface area contributed by atoms with Gasteiger partial charge in [0.1, 0.15) is 0 Å². The summed E-state index contributed by atoms with van der Waals surface area (Å²) in [4.78, 5) is 11.3. The van der Waals surface area contributed by atoms with Crippen molar-refractivity contribution in [3.05, 3.63) is 0 Å². The summed E-state index contributed by atoms with van der Waals surface area (Å²) in [6.45, 7) is 0.